The monoisotopic (exact) mass is 512 g/mol. The second-order valence-corrected chi connectivity index (χ2v) is 10.4. The number of rotatable bonds is 11. The molecule has 0 bridgehead atoms. The number of hydrogen-bond donors (Lipinski definition) is 0. The molecule has 1 saturated heterocycles. The van der Waals surface area contributed by atoms with Gasteiger partial charge in [-0.25, -0.2) is 9.67 Å². The molecular weight excluding hydrogens is 472 g/mol. The molecule has 200 valence electrons. The van der Waals surface area contributed by atoms with Gasteiger partial charge in [0.1, 0.15) is 0 Å². The minimum Gasteiger partial charge on any atom is -0.381 e. The molecule has 1 fully saturated rings. The van der Waals surface area contributed by atoms with Crippen molar-refractivity contribution < 1.29 is 9.47 Å². The third-order valence-corrected chi connectivity index (χ3v) is 7.23. The molecule has 3 aromatic rings. The van der Waals surface area contributed by atoms with Crippen molar-refractivity contribution in [2.75, 3.05) is 44.4 Å². The lowest BCUT2D eigenvalue weighted by molar-refractivity contribution is 0.110. The van der Waals surface area contributed by atoms with E-state index in [2.05, 4.69) is 80.3 Å². The predicted octanol–water partition coefficient (Wildman–Crippen LogP) is 6.42. The number of ether oxygens (including phenoxy) is 2. The van der Waals surface area contributed by atoms with Crippen molar-refractivity contribution >= 4 is 11.8 Å². The summed E-state index contributed by atoms with van der Waals surface area (Å²) in [7, 11) is 0. The standard InChI is InChI=1S/C32H40N4O2/c1-4-7-25(23-38-16-5-2)10-11-26-20-28-30(21-26)33-32(22-31(28)35-14-17-37-18-15-35)36-13-12-29(34-36)27-9-6-8-24(3)19-27/h6,8-13,19,21-22,25H,4-5,7,14-18,20,23H2,1-3H3/b11-10+. The number of anilines is 1. The predicted molar refractivity (Wildman–Crippen MR) is 155 cm³/mol. The fraction of sp³-hybridized carbons (Fsp3) is 0.438. The zero-order valence-electron chi connectivity index (χ0n) is 23.0. The summed E-state index contributed by atoms with van der Waals surface area (Å²) >= 11 is 0. The first-order chi connectivity index (χ1) is 18.6. The number of aryl methyl sites for hydroxylation is 1. The largest absolute Gasteiger partial charge is 0.381 e. The van der Waals surface area contributed by atoms with Gasteiger partial charge in [-0.15, -0.1) is 0 Å². The second kappa shape index (κ2) is 12.5. The molecule has 6 heteroatoms. The first-order valence-corrected chi connectivity index (χ1v) is 14.1. The maximum absolute atomic E-state index is 5.87. The molecule has 1 aromatic carbocycles. The van der Waals surface area contributed by atoms with E-state index < -0.39 is 0 Å². The van der Waals surface area contributed by atoms with Crippen molar-refractivity contribution in [3.05, 3.63) is 77.1 Å². The summed E-state index contributed by atoms with van der Waals surface area (Å²) in [5.41, 5.74) is 8.20. The maximum atomic E-state index is 5.87. The average Bonchev–Trinajstić information content (AvgIpc) is 3.59. The second-order valence-electron chi connectivity index (χ2n) is 10.4. The van der Waals surface area contributed by atoms with Gasteiger partial charge in [-0.2, -0.15) is 5.10 Å². The van der Waals surface area contributed by atoms with Crippen LogP contribution in [0.3, 0.4) is 0 Å². The Morgan fingerprint density at radius 3 is 2.76 bits per heavy atom. The van der Waals surface area contributed by atoms with Crippen LogP contribution >= 0.6 is 0 Å². The summed E-state index contributed by atoms with van der Waals surface area (Å²) in [6, 6.07) is 12.7. The Bertz CT molecular complexity index is 1290. The molecule has 3 heterocycles. The number of aromatic nitrogens is 3. The molecule has 1 unspecified atom stereocenters. The minimum atomic E-state index is 0.447. The van der Waals surface area contributed by atoms with Crippen LogP contribution in [-0.2, 0) is 15.9 Å². The van der Waals surface area contributed by atoms with Crippen molar-refractivity contribution in [2.24, 2.45) is 5.92 Å². The smallest absolute Gasteiger partial charge is 0.156 e. The van der Waals surface area contributed by atoms with Crippen LogP contribution in [0.4, 0.5) is 5.69 Å². The SMILES string of the molecule is CCCOCC(/C=C/C1=Cc2nc(-n3ccc(-c4cccc(C)c4)n3)cc(N3CCOCC3)c2C1)CCC. The van der Waals surface area contributed by atoms with E-state index >= 15 is 0 Å². The van der Waals surface area contributed by atoms with Gasteiger partial charge in [-0.05, 0) is 43.5 Å². The highest BCUT2D eigenvalue weighted by molar-refractivity contribution is 5.73. The van der Waals surface area contributed by atoms with Crippen LogP contribution in [0.15, 0.2) is 60.3 Å². The van der Waals surface area contributed by atoms with Crippen molar-refractivity contribution in [2.45, 2.75) is 46.5 Å². The summed E-state index contributed by atoms with van der Waals surface area (Å²) < 4.78 is 13.4. The number of hydrogen-bond acceptors (Lipinski definition) is 5. The summed E-state index contributed by atoms with van der Waals surface area (Å²) in [6.07, 6.45) is 13.2. The van der Waals surface area contributed by atoms with Gasteiger partial charge in [-0.1, -0.05) is 56.2 Å². The lowest BCUT2D eigenvalue weighted by Gasteiger charge is -2.30. The van der Waals surface area contributed by atoms with Gasteiger partial charge in [0.2, 0.25) is 0 Å². The van der Waals surface area contributed by atoms with Crippen molar-refractivity contribution in [1.82, 2.24) is 14.8 Å². The Kier molecular flexibility index (Phi) is 8.72. The number of pyridine rings is 1. The molecule has 0 radical (unpaired) electrons. The molecule has 0 N–H and O–H groups in total. The number of benzene rings is 1. The first kappa shape index (κ1) is 26.4. The highest BCUT2D eigenvalue weighted by Crippen LogP contribution is 2.35. The Hall–Kier alpha value is -3.22. The average molecular weight is 513 g/mol. The molecule has 2 aliphatic rings. The molecule has 0 saturated carbocycles. The van der Waals surface area contributed by atoms with E-state index in [1.807, 2.05) is 10.9 Å². The van der Waals surface area contributed by atoms with Crippen LogP contribution in [0.5, 0.6) is 0 Å². The Morgan fingerprint density at radius 1 is 1.11 bits per heavy atom. The van der Waals surface area contributed by atoms with Crippen LogP contribution < -0.4 is 4.90 Å². The summed E-state index contributed by atoms with van der Waals surface area (Å²) in [4.78, 5) is 7.53. The topological polar surface area (TPSA) is 52.4 Å². The minimum absolute atomic E-state index is 0.447. The Morgan fingerprint density at radius 2 is 1.97 bits per heavy atom. The number of nitrogens with zero attached hydrogens (tertiary/aromatic N) is 4. The summed E-state index contributed by atoms with van der Waals surface area (Å²) in [6.45, 7) is 11.4. The number of fused-ring (bicyclic) bond motifs is 1. The number of morpholine rings is 1. The van der Waals surface area contributed by atoms with E-state index in [4.69, 9.17) is 19.6 Å². The third kappa shape index (κ3) is 6.25. The van der Waals surface area contributed by atoms with Gasteiger partial charge < -0.3 is 14.4 Å². The van der Waals surface area contributed by atoms with E-state index in [0.717, 1.165) is 88.0 Å². The molecule has 1 aliphatic carbocycles. The molecule has 1 aliphatic heterocycles. The summed E-state index contributed by atoms with van der Waals surface area (Å²) in [5.74, 6) is 1.30. The fourth-order valence-corrected chi connectivity index (χ4v) is 5.26. The van der Waals surface area contributed by atoms with E-state index in [-0.39, 0.29) is 0 Å². The molecule has 1 atom stereocenters. The molecule has 0 spiro atoms. The fourth-order valence-electron chi connectivity index (χ4n) is 5.26. The van der Waals surface area contributed by atoms with Crippen LogP contribution in [0, 0.1) is 12.8 Å². The molecule has 6 nitrogen and oxygen atoms in total. The van der Waals surface area contributed by atoms with Crippen LogP contribution in [0.1, 0.15) is 49.9 Å². The first-order valence-electron chi connectivity index (χ1n) is 14.1. The quantitative estimate of drug-likeness (QED) is 0.278. The molecule has 38 heavy (non-hydrogen) atoms. The lowest BCUT2D eigenvalue weighted by Crippen LogP contribution is -2.37. The van der Waals surface area contributed by atoms with Crippen LogP contribution in [0.2, 0.25) is 0 Å². The van der Waals surface area contributed by atoms with Gasteiger partial charge >= 0.3 is 0 Å². The lowest BCUT2D eigenvalue weighted by atomic mass is 10.0. The Labute approximate surface area is 227 Å². The van der Waals surface area contributed by atoms with Crippen molar-refractivity contribution in [3.8, 4) is 17.1 Å². The van der Waals surface area contributed by atoms with Crippen molar-refractivity contribution in [1.29, 1.82) is 0 Å². The highest BCUT2D eigenvalue weighted by atomic mass is 16.5. The highest BCUT2D eigenvalue weighted by Gasteiger charge is 2.24. The van der Waals surface area contributed by atoms with Crippen LogP contribution in [0.25, 0.3) is 23.2 Å². The van der Waals surface area contributed by atoms with Gasteiger partial charge in [-0.3, -0.25) is 0 Å². The van der Waals surface area contributed by atoms with Gasteiger partial charge in [0, 0.05) is 61.1 Å². The van der Waals surface area contributed by atoms with E-state index in [1.165, 1.54) is 22.4 Å². The van der Waals surface area contributed by atoms with Crippen LogP contribution in [-0.4, -0.2) is 54.3 Å². The Balaban J connectivity index is 1.44. The normalized spacial score (nSPS) is 16.2. The van der Waals surface area contributed by atoms with Crippen molar-refractivity contribution in [3.63, 3.8) is 0 Å². The third-order valence-electron chi connectivity index (χ3n) is 7.23. The maximum Gasteiger partial charge on any atom is 0.156 e. The number of allylic oxidation sites excluding steroid dienone is 2. The summed E-state index contributed by atoms with van der Waals surface area (Å²) in [5, 5.41) is 4.90. The molecular formula is C32H40N4O2. The van der Waals surface area contributed by atoms with Gasteiger partial charge in [0.05, 0.1) is 31.2 Å². The van der Waals surface area contributed by atoms with E-state index in [0.29, 0.717) is 5.92 Å². The van der Waals surface area contributed by atoms with E-state index in [9.17, 15) is 0 Å². The zero-order valence-corrected chi connectivity index (χ0v) is 23.0. The van der Waals surface area contributed by atoms with Gasteiger partial charge in [0.25, 0.3) is 0 Å². The molecule has 5 rings (SSSR count). The molecule has 2 aromatic heterocycles. The van der Waals surface area contributed by atoms with Gasteiger partial charge in [0.15, 0.2) is 5.82 Å². The molecule has 0 amide bonds. The zero-order chi connectivity index (χ0) is 26.3. The van der Waals surface area contributed by atoms with E-state index in [1.54, 1.807) is 0 Å².